The topological polar surface area (TPSA) is 29.5 Å². The molecule has 0 aliphatic heterocycles. The molecular weight excluding hydrogens is 240 g/mol. The molecule has 0 heterocycles. The zero-order valence-electron chi connectivity index (χ0n) is 13.3. The molecule has 0 radical (unpaired) electrons. The third-order valence-corrected chi connectivity index (χ3v) is 8.71. The Kier molecular flexibility index (Phi) is 6.31. The molecule has 1 unspecified atom stereocenters. The van der Waals surface area contributed by atoms with Crippen LogP contribution in [-0.4, -0.2) is 26.1 Å². The van der Waals surface area contributed by atoms with Crippen LogP contribution in [0, 0.1) is 5.41 Å². The molecule has 0 rings (SSSR count). The lowest BCUT2D eigenvalue weighted by Crippen LogP contribution is -2.47. The van der Waals surface area contributed by atoms with Crippen LogP contribution in [0.5, 0.6) is 0 Å². The van der Waals surface area contributed by atoms with E-state index in [0.29, 0.717) is 0 Å². The van der Waals surface area contributed by atoms with Gasteiger partial charge in [-0.3, -0.25) is 0 Å². The van der Waals surface area contributed by atoms with Crippen molar-refractivity contribution in [3.63, 3.8) is 0 Å². The van der Waals surface area contributed by atoms with Gasteiger partial charge in [0.25, 0.3) is 0 Å². The zero-order valence-corrected chi connectivity index (χ0v) is 14.3. The average molecular weight is 273 g/mol. The summed E-state index contributed by atoms with van der Waals surface area (Å²) in [7, 11) is -1.77. The highest BCUT2D eigenvalue weighted by Gasteiger charge is 2.41. The Morgan fingerprint density at radius 3 is 2.06 bits per heavy atom. The van der Waals surface area contributed by atoms with E-state index in [1.54, 1.807) is 0 Å². The number of rotatable bonds is 7. The third-order valence-electron chi connectivity index (χ3n) is 4.22. The monoisotopic (exact) mass is 272 g/mol. The zero-order chi connectivity index (χ0) is 14.6. The molecule has 0 aromatic rings. The second kappa shape index (κ2) is 6.35. The van der Waals surface area contributed by atoms with Crippen molar-refractivity contribution in [3.8, 4) is 0 Å². The number of hydrogen-bond acceptors (Lipinski definition) is 2. The van der Waals surface area contributed by atoms with Gasteiger partial charge in [-0.25, -0.2) is 0 Å². The van der Waals surface area contributed by atoms with Gasteiger partial charge in [0, 0.05) is 12.0 Å². The van der Waals surface area contributed by atoms with Gasteiger partial charge in [-0.2, -0.15) is 0 Å². The van der Waals surface area contributed by atoms with E-state index in [9.17, 15) is 0 Å². The second-order valence-electron chi connectivity index (χ2n) is 7.26. The van der Waals surface area contributed by atoms with E-state index in [2.05, 4.69) is 54.3 Å². The highest BCUT2D eigenvalue weighted by Crippen LogP contribution is 2.40. The fraction of sp³-hybridized carbons (Fsp3) is 0.867. The molecule has 0 bridgehead atoms. The maximum absolute atomic E-state index is 9.04. The van der Waals surface area contributed by atoms with Crippen molar-refractivity contribution in [2.24, 2.45) is 5.41 Å². The van der Waals surface area contributed by atoms with Crippen molar-refractivity contribution in [3.05, 3.63) is 12.7 Å². The summed E-state index contributed by atoms with van der Waals surface area (Å²) in [5.41, 5.74) is -0.0509. The Bertz CT molecular complexity index is 264. The molecule has 108 valence electrons. The molecule has 3 heteroatoms. The van der Waals surface area contributed by atoms with Gasteiger partial charge in [0.05, 0.1) is 6.10 Å². The average Bonchev–Trinajstić information content (AvgIpc) is 2.22. The molecule has 0 aliphatic rings. The van der Waals surface area contributed by atoms with Gasteiger partial charge in [-0.1, -0.05) is 40.7 Å². The minimum Gasteiger partial charge on any atom is -0.413 e. The van der Waals surface area contributed by atoms with E-state index >= 15 is 0 Å². The van der Waals surface area contributed by atoms with Gasteiger partial charge in [-0.05, 0) is 31.0 Å². The molecule has 0 aromatic heterocycles. The molecule has 0 fully saturated rings. The normalized spacial score (nSPS) is 15.6. The van der Waals surface area contributed by atoms with Crippen LogP contribution < -0.4 is 0 Å². The fourth-order valence-corrected chi connectivity index (χ4v) is 3.01. The molecule has 0 amide bonds. The Labute approximate surface area is 115 Å². The summed E-state index contributed by atoms with van der Waals surface area (Å²) in [6.45, 7) is 19.8. The standard InChI is InChI=1S/C15H32O2Si/c1-9-15(5,6)13(11-10-12-16)17-18(7,8)14(2,3)4/h9,13,16H,1,10-12H2,2-8H3. The molecular formula is C15H32O2Si. The first-order valence-corrected chi connectivity index (χ1v) is 9.81. The van der Waals surface area contributed by atoms with Gasteiger partial charge in [0.2, 0.25) is 0 Å². The lowest BCUT2D eigenvalue weighted by atomic mass is 9.84. The van der Waals surface area contributed by atoms with Crippen molar-refractivity contribution in [1.82, 2.24) is 0 Å². The third kappa shape index (κ3) is 4.86. The molecule has 18 heavy (non-hydrogen) atoms. The number of aliphatic hydroxyl groups excluding tert-OH is 1. The van der Waals surface area contributed by atoms with Crippen LogP contribution in [-0.2, 0) is 4.43 Å². The molecule has 0 spiro atoms. The summed E-state index contributed by atoms with van der Waals surface area (Å²) in [4.78, 5) is 0. The van der Waals surface area contributed by atoms with E-state index in [4.69, 9.17) is 9.53 Å². The van der Waals surface area contributed by atoms with Crippen LogP contribution in [0.4, 0.5) is 0 Å². The summed E-state index contributed by atoms with van der Waals surface area (Å²) >= 11 is 0. The van der Waals surface area contributed by atoms with Crippen LogP contribution in [0.3, 0.4) is 0 Å². The molecule has 0 aliphatic carbocycles. The van der Waals surface area contributed by atoms with Crippen molar-refractivity contribution in [1.29, 1.82) is 0 Å². The Morgan fingerprint density at radius 1 is 1.22 bits per heavy atom. The molecule has 0 saturated heterocycles. The number of hydrogen-bond donors (Lipinski definition) is 1. The predicted octanol–water partition coefficient (Wildman–Crippen LogP) is 4.36. The van der Waals surface area contributed by atoms with Crippen molar-refractivity contribution >= 4 is 8.32 Å². The van der Waals surface area contributed by atoms with Crippen LogP contribution in [0.2, 0.25) is 18.1 Å². The van der Waals surface area contributed by atoms with E-state index in [-0.39, 0.29) is 23.2 Å². The summed E-state index contributed by atoms with van der Waals surface area (Å²) in [5.74, 6) is 0. The SMILES string of the molecule is C=CC(C)(C)C(CCCO)O[Si](C)(C)C(C)(C)C. The van der Waals surface area contributed by atoms with E-state index in [1.807, 2.05) is 6.08 Å². The molecule has 1 N–H and O–H groups in total. The van der Waals surface area contributed by atoms with Gasteiger partial charge in [-0.15, -0.1) is 6.58 Å². The highest BCUT2D eigenvalue weighted by atomic mass is 28.4. The smallest absolute Gasteiger partial charge is 0.192 e. The Morgan fingerprint density at radius 2 is 1.72 bits per heavy atom. The van der Waals surface area contributed by atoms with Crippen molar-refractivity contribution in [2.75, 3.05) is 6.61 Å². The van der Waals surface area contributed by atoms with E-state index < -0.39 is 8.32 Å². The minimum absolute atomic E-state index is 0.0509. The quantitative estimate of drug-likeness (QED) is 0.551. The van der Waals surface area contributed by atoms with Gasteiger partial charge in [0.1, 0.15) is 0 Å². The Balaban J connectivity index is 4.96. The minimum atomic E-state index is -1.77. The highest BCUT2D eigenvalue weighted by molar-refractivity contribution is 6.74. The largest absolute Gasteiger partial charge is 0.413 e. The van der Waals surface area contributed by atoms with E-state index in [0.717, 1.165) is 12.8 Å². The van der Waals surface area contributed by atoms with Crippen LogP contribution in [0.1, 0.15) is 47.5 Å². The van der Waals surface area contributed by atoms with Crippen molar-refractivity contribution in [2.45, 2.75) is 71.7 Å². The predicted molar refractivity (Wildman–Crippen MR) is 82.4 cm³/mol. The van der Waals surface area contributed by atoms with Crippen molar-refractivity contribution < 1.29 is 9.53 Å². The Hall–Kier alpha value is -0.123. The van der Waals surface area contributed by atoms with Crippen LogP contribution in [0.15, 0.2) is 12.7 Å². The lowest BCUT2D eigenvalue weighted by Gasteiger charge is -2.43. The summed E-state index contributed by atoms with van der Waals surface area (Å²) < 4.78 is 6.52. The second-order valence-corrected chi connectivity index (χ2v) is 12.0. The first kappa shape index (κ1) is 17.9. The maximum Gasteiger partial charge on any atom is 0.192 e. The van der Waals surface area contributed by atoms with Gasteiger partial charge < -0.3 is 9.53 Å². The first-order valence-electron chi connectivity index (χ1n) is 6.90. The van der Waals surface area contributed by atoms with E-state index in [1.165, 1.54) is 0 Å². The van der Waals surface area contributed by atoms with Gasteiger partial charge in [0.15, 0.2) is 8.32 Å². The summed E-state index contributed by atoms with van der Waals surface area (Å²) in [6.07, 6.45) is 3.80. The maximum atomic E-state index is 9.04. The first-order chi connectivity index (χ1) is 7.98. The summed E-state index contributed by atoms with van der Waals surface area (Å²) in [6, 6.07) is 0. The fourth-order valence-electron chi connectivity index (χ4n) is 1.52. The number of aliphatic hydroxyl groups is 1. The molecule has 2 nitrogen and oxygen atoms in total. The molecule has 1 atom stereocenters. The lowest BCUT2D eigenvalue weighted by molar-refractivity contribution is 0.0764. The summed E-state index contributed by atoms with van der Waals surface area (Å²) in [5, 5.41) is 9.25. The van der Waals surface area contributed by atoms with Gasteiger partial charge >= 0.3 is 0 Å². The van der Waals surface area contributed by atoms with Crippen LogP contribution >= 0.6 is 0 Å². The van der Waals surface area contributed by atoms with Crippen LogP contribution in [0.25, 0.3) is 0 Å². The molecule has 0 aromatic carbocycles. The molecule has 0 saturated carbocycles.